The Kier molecular flexibility index (Phi) is 3.25. The van der Waals surface area contributed by atoms with Gasteiger partial charge < -0.3 is 15.2 Å². The number of methoxy groups -OCH3 is 1. The van der Waals surface area contributed by atoms with Gasteiger partial charge in [0.05, 0.1) is 13.0 Å². The summed E-state index contributed by atoms with van der Waals surface area (Å²) >= 11 is 0. The Bertz CT molecular complexity index is 208. The lowest BCUT2D eigenvalue weighted by atomic mass is 9.95. The lowest BCUT2D eigenvalue weighted by Crippen LogP contribution is -2.46. The normalized spacial score (nSPS) is 28.1. The highest BCUT2D eigenvalue weighted by atomic mass is 16.5. The smallest absolute Gasteiger partial charge is 0.322 e. The van der Waals surface area contributed by atoms with Crippen LogP contribution in [0.25, 0.3) is 0 Å². The molecule has 2 atom stereocenters. The molecule has 0 saturated carbocycles. The summed E-state index contributed by atoms with van der Waals surface area (Å²) in [6, 6.07) is -0.333. The highest BCUT2D eigenvalue weighted by molar-refractivity contribution is 5.76. The average Bonchev–Trinajstić information content (AvgIpc) is 2.17. The van der Waals surface area contributed by atoms with Crippen molar-refractivity contribution in [3.63, 3.8) is 0 Å². The molecule has 1 saturated heterocycles. The van der Waals surface area contributed by atoms with Gasteiger partial charge in [0.25, 0.3) is 0 Å². The molecule has 0 spiro atoms. The Balaban J connectivity index is 2.39. The largest absolute Gasteiger partial charge is 0.481 e. The van der Waals surface area contributed by atoms with Crippen LogP contribution in [0.1, 0.15) is 12.8 Å². The van der Waals surface area contributed by atoms with Crippen molar-refractivity contribution in [3.05, 3.63) is 0 Å². The number of hydrogen-bond donors (Lipinski definition) is 2. The number of carbonyl (C=O) groups excluding carboxylic acids is 1. The van der Waals surface area contributed by atoms with Gasteiger partial charge in [-0.1, -0.05) is 0 Å². The molecule has 74 valence electrons. The van der Waals surface area contributed by atoms with Crippen LogP contribution in [0.4, 0.5) is 0 Å². The van der Waals surface area contributed by atoms with E-state index in [1.54, 1.807) is 0 Å². The molecule has 1 fully saturated rings. The summed E-state index contributed by atoms with van der Waals surface area (Å²) < 4.78 is 4.54. The summed E-state index contributed by atoms with van der Waals surface area (Å²) in [7, 11) is 1.33. The van der Waals surface area contributed by atoms with Crippen molar-refractivity contribution >= 4 is 11.9 Å². The highest BCUT2D eigenvalue weighted by Gasteiger charge is 2.29. The molecule has 0 unspecified atom stereocenters. The molecule has 0 aliphatic carbocycles. The zero-order chi connectivity index (χ0) is 9.84. The van der Waals surface area contributed by atoms with E-state index >= 15 is 0 Å². The molecule has 0 bridgehead atoms. The fourth-order valence-electron chi connectivity index (χ4n) is 1.41. The fraction of sp³-hybridized carbons (Fsp3) is 0.750. The second-order valence-corrected chi connectivity index (χ2v) is 3.10. The van der Waals surface area contributed by atoms with Crippen LogP contribution in [0.3, 0.4) is 0 Å². The van der Waals surface area contributed by atoms with Crippen LogP contribution in [0.15, 0.2) is 0 Å². The van der Waals surface area contributed by atoms with Gasteiger partial charge in [-0.05, 0) is 12.8 Å². The molecule has 5 heteroatoms. The summed E-state index contributed by atoms with van der Waals surface area (Å²) in [5.41, 5.74) is 0. The first kappa shape index (κ1) is 9.98. The van der Waals surface area contributed by atoms with Crippen molar-refractivity contribution in [2.45, 2.75) is 18.9 Å². The summed E-state index contributed by atoms with van der Waals surface area (Å²) in [5.74, 6) is -1.50. The van der Waals surface area contributed by atoms with Crippen molar-refractivity contribution in [3.8, 4) is 0 Å². The van der Waals surface area contributed by atoms with Crippen molar-refractivity contribution < 1.29 is 19.4 Å². The number of hydrogen-bond acceptors (Lipinski definition) is 4. The molecule has 1 aliphatic rings. The molecule has 0 amide bonds. The number of rotatable bonds is 2. The number of piperidine rings is 1. The van der Waals surface area contributed by atoms with E-state index in [2.05, 4.69) is 10.1 Å². The first-order valence-corrected chi connectivity index (χ1v) is 4.19. The van der Waals surface area contributed by atoms with Gasteiger partial charge in [-0.15, -0.1) is 0 Å². The average molecular weight is 187 g/mol. The Morgan fingerprint density at radius 2 is 2.15 bits per heavy atom. The second-order valence-electron chi connectivity index (χ2n) is 3.10. The quantitative estimate of drug-likeness (QED) is 0.576. The maximum absolute atomic E-state index is 11.0. The van der Waals surface area contributed by atoms with E-state index in [9.17, 15) is 9.59 Å². The van der Waals surface area contributed by atoms with E-state index in [0.717, 1.165) is 0 Å². The van der Waals surface area contributed by atoms with E-state index in [1.165, 1.54) is 7.11 Å². The van der Waals surface area contributed by atoms with Gasteiger partial charge in [-0.2, -0.15) is 0 Å². The summed E-state index contributed by atoms with van der Waals surface area (Å²) in [6.45, 7) is 0.342. The van der Waals surface area contributed by atoms with Gasteiger partial charge in [0.1, 0.15) is 6.04 Å². The van der Waals surface area contributed by atoms with E-state index in [-0.39, 0.29) is 17.9 Å². The predicted molar refractivity (Wildman–Crippen MR) is 44.2 cm³/mol. The zero-order valence-corrected chi connectivity index (χ0v) is 7.45. The van der Waals surface area contributed by atoms with Gasteiger partial charge >= 0.3 is 11.9 Å². The van der Waals surface area contributed by atoms with Crippen LogP contribution < -0.4 is 5.32 Å². The minimum atomic E-state index is -0.809. The monoisotopic (exact) mass is 187 g/mol. The number of carboxylic acids is 1. The van der Waals surface area contributed by atoms with Gasteiger partial charge in [0, 0.05) is 6.54 Å². The van der Waals surface area contributed by atoms with E-state index in [1.807, 2.05) is 0 Å². The van der Waals surface area contributed by atoms with Gasteiger partial charge in [-0.25, -0.2) is 0 Å². The van der Waals surface area contributed by atoms with Gasteiger partial charge in [-0.3, -0.25) is 9.59 Å². The molecule has 0 aromatic rings. The number of ether oxygens (including phenoxy) is 1. The minimum absolute atomic E-state index is 0.316. The van der Waals surface area contributed by atoms with Crippen molar-refractivity contribution in [1.29, 1.82) is 0 Å². The standard InChI is InChI=1S/C8H13NO4/c1-13-8(12)6-3-2-5(4-9-6)7(10)11/h5-6,9H,2-4H2,1H3,(H,10,11)/t5-,6-/m1/s1. The van der Waals surface area contributed by atoms with E-state index < -0.39 is 5.97 Å². The first-order chi connectivity index (χ1) is 6.15. The molecule has 2 N–H and O–H groups in total. The maximum atomic E-state index is 11.0. The molecular formula is C8H13NO4. The fourth-order valence-corrected chi connectivity index (χ4v) is 1.41. The molecule has 0 aromatic heterocycles. The van der Waals surface area contributed by atoms with Crippen LogP contribution in [-0.2, 0) is 14.3 Å². The van der Waals surface area contributed by atoms with E-state index in [0.29, 0.717) is 19.4 Å². The molecule has 0 aromatic carbocycles. The molecule has 0 radical (unpaired) electrons. The van der Waals surface area contributed by atoms with Crippen LogP contribution in [0, 0.1) is 5.92 Å². The Hall–Kier alpha value is -1.10. The third-order valence-corrected chi connectivity index (χ3v) is 2.25. The SMILES string of the molecule is COC(=O)[C@H]1CC[C@@H](C(=O)O)CN1. The number of aliphatic carboxylic acids is 1. The van der Waals surface area contributed by atoms with Crippen LogP contribution >= 0.6 is 0 Å². The Morgan fingerprint density at radius 1 is 1.46 bits per heavy atom. The zero-order valence-electron chi connectivity index (χ0n) is 7.45. The Labute approximate surface area is 76.1 Å². The molecule has 5 nitrogen and oxygen atoms in total. The van der Waals surface area contributed by atoms with Crippen molar-refractivity contribution in [2.75, 3.05) is 13.7 Å². The van der Waals surface area contributed by atoms with Crippen LogP contribution in [0.2, 0.25) is 0 Å². The molecular weight excluding hydrogens is 174 g/mol. The number of carboxylic acid groups (broad SMARTS) is 1. The maximum Gasteiger partial charge on any atom is 0.322 e. The summed E-state index contributed by atoms with van der Waals surface area (Å²) in [4.78, 5) is 21.6. The molecule has 1 aliphatic heterocycles. The molecule has 13 heavy (non-hydrogen) atoms. The lowest BCUT2D eigenvalue weighted by molar-refractivity contribution is -0.147. The highest BCUT2D eigenvalue weighted by Crippen LogP contribution is 2.14. The topological polar surface area (TPSA) is 75.6 Å². The van der Waals surface area contributed by atoms with E-state index in [4.69, 9.17) is 5.11 Å². The first-order valence-electron chi connectivity index (χ1n) is 4.19. The summed E-state index contributed by atoms with van der Waals surface area (Å²) in [5, 5.41) is 11.5. The number of esters is 1. The number of nitrogens with one attached hydrogen (secondary N) is 1. The third-order valence-electron chi connectivity index (χ3n) is 2.25. The molecule has 1 heterocycles. The third kappa shape index (κ3) is 2.42. The van der Waals surface area contributed by atoms with Crippen molar-refractivity contribution in [2.24, 2.45) is 5.92 Å². The summed E-state index contributed by atoms with van der Waals surface area (Å²) in [6.07, 6.45) is 1.06. The minimum Gasteiger partial charge on any atom is -0.481 e. The van der Waals surface area contributed by atoms with Crippen molar-refractivity contribution in [1.82, 2.24) is 5.32 Å². The Morgan fingerprint density at radius 3 is 2.54 bits per heavy atom. The second kappa shape index (κ2) is 4.23. The number of carbonyl (C=O) groups is 2. The van der Waals surface area contributed by atoms with Crippen LogP contribution in [-0.4, -0.2) is 36.7 Å². The van der Waals surface area contributed by atoms with Gasteiger partial charge in [0.2, 0.25) is 0 Å². The lowest BCUT2D eigenvalue weighted by Gasteiger charge is -2.25. The van der Waals surface area contributed by atoms with Crippen LogP contribution in [0.5, 0.6) is 0 Å². The predicted octanol–water partition coefficient (Wildman–Crippen LogP) is -0.388. The van der Waals surface area contributed by atoms with Gasteiger partial charge in [0.15, 0.2) is 0 Å². The molecule has 1 rings (SSSR count).